The number of carbonyl (C=O) groups is 1. The molecule has 5 nitrogen and oxygen atoms in total. The van der Waals surface area contributed by atoms with E-state index >= 15 is 0 Å². The highest BCUT2D eigenvalue weighted by Gasteiger charge is 2.09. The molecule has 120 valence electrons. The van der Waals surface area contributed by atoms with Crippen molar-refractivity contribution in [1.29, 1.82) is 0 Å². The summed E-state index contributed by atoms with van der Waals surface area (Å²) >= 11 is 0. The minimum Gasteiger partial charge on any atom is -0.353 e. The molecule has 2 heterocycles. The zero-order valence-electron chi connectivity index (χ0n) is 12.7. The third kappa shape index (κ3) is 3.92. The van der Waals surface area contributed by atoms with Crippen molar-refractivity contribution < 1.29 is 9.18 Å². The number of rotatable bonds is 5. The van der Waals surface area contributed by atoms with Crippen LogP contribution in [0.1, 0.15) is 16.1 Å². The minimum absolute atomic E-state index is 0.250. The highest BCUT2D eigenvalue weighted by molar-refractivity contribution is 5.93. The van der Waals surface area contributed by atoms with E-state index in [1.54, 1.807) is 48.8 Å². The number of para-hydroxylation sites is 1. The number of pyridine rings is 2. The molecule has 2 aromatic heterocycles. The van der Waals surface area contributed by atoms with Gasteiger partial charge in [-0.2, -0.15) is 0 Å². The Hall–Kier alpha value is -3.28. The van der Waals surface area contributed by atoms with E-state index in [9.17, 15) is 9.18 Å². The summed E-state index contributed by atoms with van der Waals surface area (Å²) in [6.07, 6.45) is 4.86. The number of hydrogen-bond donors (Lipinski definition) is 2. The zero-order valence-corrected chi connectivity index (χ0v) is 12.7. The van der Waals surface area contributed by atoms with Crippen LogP contribution >= 0.6 is 0 Å². The van der Waals surface area contributed by atoms with Gasteiger partial charge in [0.1, 0.15) is 11.5 Å². The van der Waals surface area contributed by atoms with Gasteiger partial charge in [0, 0.05) is 30.8 Å². The van der Waals surface area contributed by atoms with Gasteiger partial charge in [0.2, 0.25) is 0 Å². The first-order valence-corrected chi connectivity index (χ1v) is 7.37. The average Bonchev–Trinajstić information content (AvgIpc) is 2.63. The van der Waals surface area contributed by atoms with Crippen molar-refractivity contribution in [3.63, 3.8) is 0 Å². The van der Waals surface area contributed by atoms with Crippen LogP contribution in [0.15, 0.2) is 67.1 Å². The summed E-state index contributed by atoms with van der Waals surface area (Å²) in [4.78, 5) is 20.2. The molecule has 0 saturated carbocycles. The summed E-state index contributed by atoms with van der Waals surface area (Å²) < 4.78 is 13.7. The number of benzene rings is 1. The topological polar surface area (TPSA) is 66.9 Å². The van der Waals surface area contributed by atoms with Crippen LogP contribution in [0.4, 0.5) is 15.8 Å². The van der Waals surface area contributed by atoms with Gasteiger partial charge in [0.25, 0.3) is 5.91 Å². The Kier molecular flexibility index (Phi) is 4.76. The molecule has 0 spiro atoms. The van der Waals surface area contributed by atoms with Gasteiger partial charge in [-0.25, -0.2) is 4.39 Å². The predicted octanol–water partition coefficient (Wildman–Crippen LogP) is 3.29. The largest absolute Gasteiger partial charge is 0.353 e. The van der Waals surface area contributed by atoms with Crippen molar-refractivity contribution in [3.8, 4) is 0 Å². The number of hydrogen-bond acceptors (Lipinski definition) is 4. The number of aromatic nitrogens is 2. The van der Waals surface area contributed by atoms with Crippen molar-refractivity contribution in [2.24, 2.45) is 0 Å². The summed E-state index contributed by atoms with van der Waals surface area (Å²) in [6.45, 7) is 0.360. The Morgan fingerprint density at radius 2 is 1.96 bits per heavy atom. The Labute approximate surface area is 138 Å². The Balaban J connectivity index is 1.68. The molecule has 3 aromatic rings. The second-order valence-corrected chi connectivity index (χ2v) is 5.08. The molecule has 3 rings (SSSR count). The average molecular weight is 322 g/mol. The van der Waals surface area contributed by atoms with Crippen LogP contribution in [0.25, 0.3) is 0 Å². The first-order valence-electron chi connectivity index (χ1n) is 7.37. The smallest absolute Gasteiger partial charge is 0.270 e. The second kappa shape index (κ2) is 7.32. The summed E-state index contributed by atoms with van der Waals surface area (Å²) in [5, 5.41) is 5.71. The van der Waals surface area contributed by atoms with Crippen LogP contribution < -0.4 is 10.6 Å². The quantitative estimate of drug-likeness (QED) is 0.756. The molecule has 24 heavy (non-hydrogen) atoms. The fourth-order valence-electron chi connectivity index (χ4n) is 2.13. The third-order valence-electron chi connectivity index (χ3n) is 3.32. The Morgan fingerprint density at radius 1 is 1.08 bits per heavy atom. The molecule has 0 aliphatic heterocycles. The summed E-state index contributed by atoms with van der Waals surface area (Å²) in [5.74, 6) is -0.673. The lowest BCUT2D eigenvalue weighted by Crippen LogP contribution is -2.23. The molecule has 6 heteroatoms. The van der Waals surface area contributed by atoms with E-state index in [0.717, 1.165) is 5.56 Å². The standard InChI is InChI=1S/C18H15FN4O/c19-15-5-1-2-6-16(15)23-14-7-9-21-17(10-14)18(24)22-12-13-4-3-8-20-11-13/h1-11H,12H2,(H,21,23)(H,22,24). The number of amides is 1. The van der Waals surface area contributed by atoms with Crippen LogP contribution in [0.2, 0.25) is 0 Å². The number of halogens is 1. The van der Waals surface area contributed by atoms with Gasteiger partial charge in [-0.1, -0.05) is 18.2 Å². The predicted molar refractivity (Wildman–Crippen MR) is 89.3 cm³/mol. The SMILES string of the molecule is O=C(NCc1cccnc1)c1cc(Nc2ccccc2F)ccn1. The van der Waals surface area contributed by atoms with Gasteiger partial charge >= 0.3 is 0 Å². The van der Waals surface area contributed by atoms with Gasteiger partial charge in [-0.15, -0.1) is 0 Å². The highest BCUT2D eigenvalue weighted by atomic mass is 19.1. The minimum atomic E-state index is -0.364. The normalized spacial score (nSPS) is 10.2. The van der Waals surface area contributed by atoms with Crippen molar-refractivity contribution >= 4 is 17.3 Å². The van der Waals surface area contributed by atoms with E-state index < -0.39 is 0 Å². The molecular formula is C18H15FN4O. The lowest BCUT2D eigenvalue weighted by molar-refractivity contribution is 0.0946. The van der Waals surface area contributed by atoms with Crippen molar-refractivity contribution in [3.05, 3.63) is 84.2 Å². The third-order valence-corrected chi connectivity index (χ3v) is 3.32. The fraction of sp³-hybridized carbons (Fsp3) is 0.0556. The van der Waals surface area contributed by atoms with Crippen molar-refractivity contribution in [2.75, 3.05) is 5.32 Å². The summed E-state index contributed by atoms with van der Waals surface area (Å²) in [7, 11) is 0. The number of anilines is 2. The van der Waals surface area contributed by atoms with Crippen LogP contribution in [-0.2, 0) is 6.54 Å². The molecule has 0 unspecified atom stereocenters. The number of nitrogens with one attached hydrogen (secondary N) is 2. The molecule has 0 radical (unpaired) electrons. The molecule has 0 atom stereocenters. The van der Waals surface area contributed by atoms with Gasteiger partial charge in [0.05, 0.1) is 5.69 Å². The molecule has 0 fully saturated rings. The van der Waals surface area contributed by atoms with Crippen LogP contribution in [0, 0.1) is 5.82 Å². The van der Waals surface area contributed by atoms with E-state index in [4.69, 9.17) is 0 Å². The van der Waals surface area contributed by atoms with Gasteiger partial charge in [-0.05, 0) is 35.9 Å². The van der Waals surface area contributed by atoms with E-state index in [2.05, 4.69) is 20.6 Å². The van der Waals surface area contributed by atoms with E-state index in [1.165, 1.54) is 12.3 Å². The lowest BCUT2D eigenvalue weighted by atomic mass is 10.2. The molecule has 0 aliphatic carbocycles. The van der Waals surface area contributed by atoms with Crippen molar-refractivity contribution in [2.45, 2.75) is 6.54 Å². The van der Waals surface area contributed by atoms with Gasteiger partial charge in [0.15, 0.2) is 0 Å². The van der Waals surface area contributed by atoms with Gasteiger partial charge < -0.3 is 10.6 Å². The molecule has 0 bridgehead atoms. The number of nitrogens with zero attached hydrogens (tertiary/aromatic N) is 2. The molecule has 1 amide bonds. The van der Waals surface area contributed by atoms with Gasteiger partial charge in [-0.3, -0.25) is 14.8 Å². The maximum Gasteiger partial charge on any atom is 0.270 e. The zero-order chi connectivity index (χ0) is 16.8. The molecular weight excluding hydrogens is 307 g/mol. The van der Waals surface area contributed by atoms with E-state index in [0.29, 0.717) is 17.9 Å². The maximum absolute atomic E-state index is 13.7. The second-order valence-electron chi connectivity index (χ2n) is 5.08. The fourth-order valence-corrected chi connectivity index (χ4v) is 2.13. The first-order chi connectivity index (χ1) is 11.7. The van der Waals surface area contributed by atoms with E-state index in [1.807, 2.05) is 6.07 Å². The van der Waals surface area contributed by atoms with Crippen LogP contribution in [0.5, 0.6) is 0 Å². The first kappa shape index (κ1) is 15.6. The highest BCUT2D eigenvalue weighted by Crippen LogP contribution is 2.19. The lowest BCUT2D eigenvalue weighted by Gasteiger charge is -2.09. The monoisotopic (exact) mass is 322 g/mol. The summed E-state index contributed by atoms with van der Waals surface area (Å²) in [5.41, 5.74) is 2.07. The van der Waals surface area contributed by atoms with Crippen LogP contribution in [-0.4, -0.2) is 15.9 Å². The Morgan fingerprint density at radius 3 is 2.75 bits per heavy atom. The summed E-state index contributed by atoms with van der Waals surface area (Å²) in [6, 6.07) is 13.3. The molecule has 0 aliphatic rings. The van der Waals surface area contributed by atoms with Crippen molar-refractivity contribution in [1.82, 2.24) is 15.3 Å². The molecule has 2 N–H and O–H groups in total. The maximum atomic E-state index is 13.7. The molecule has 0 saturated heterocycles. The van der Waals surface area contributed by atoms with E-state index in [-0.39, 0.29) is 17.4 Å². The molecule has 1 aromatic carbocycles. The Bertz CT molecular complexity index is 839. The number of carbonyl (C=O) groups excluding carboxylic acids is 1. The van der Waals surface area contributed by atoms with Crippen LogP contribution in [0.3, 0.4) is 0 Å².